The molecular formula is C13H12BrNO2. The molecule has 0 saturated heterocycles. The molecule has 1 aromatic heterocycles. The monoisotopic (exact) mass is 293 g/mol. The van der Waals surface area contributed by atoms with Crippen molar-refractivity contribution in [2.24, 2.45) is 5.73 Å². The number of hydrogen-bond donors (Lipinski definition) is 1. The van der Waals surface area contributed by atoms with Crippen molar-refractivity contribution < 1.29 is 9.21 Å². The Balaban J connectivity index is 2.18. The molecule has 1 heterocycles. The van der Waals surface area contributed by atoms with Crippen LogP contribution in [0.2, 0.25) is 0 Å². The van der Waals surface area contributed by atoms with Crippen LogP contribution >= 0.6 is 15.9 Å². The summed E-state index contributed by atoms with van der Waals surface area (Å²) in [6.45, 7) is 0. The first-order valence-corrected chi connectivity index (χ1v) is 6.08. The fourth-order valence-corrected chi connectivity index (χ4v) is 2.04. The summed E-state index contributed by atoms with van der Waals surface area (Å²) in [6, 6.07) is 11.6. The molecule has 0 fully saturated rings. The number of rotatable bonds is 4. The minimum absolute atomic E-state index is 0.308. The van der Waals surface area contributed by atoms with E-state index in [2.05, 4.69) is 15.9 Å². The lowest BCUT2D eigenvalue weighted by atomic mass is 10.2. The second-order valence-electron chi connectivity index (χ2n) is 3.71. The van der Waals surface area contributed by atoms with E-state index >= 15 is 0 Å². The van der Waals surface area contributed by atoms with Gasteiger partial charge in [-0.15, -0.1) is 0 Å². The predicted octanol–water partition coefficient (Wildman–Crippen LogP) is 3.13. The quantitative estimate of drug-likeness (QED) is 0.941. The Morgan fingerprint density at radius 1 is 1.24 bits per heavy atom. The molecule has 1 amide bonds. The molecule has 0 atom stereocenters. The van der Waals surface area contributed by atoms with E-state index in [1.54, 1.807) is 0 Å². The standard InChI is InChI=1S/C13H12BrNO2/c14-11-4-2-1-3-10(11)12-7-5-9(17-12)6-8-13(15)16/h1-5,7H,6,8H2,(H2,15,16). The smallest absolute Gasteiger partial charge is 0.217 e. The Morgan fingerprint density at radius 3 is 2.71 bits per heavy atom. The fraction of sp³-hybridized carbons (Fsp3) is 0.154. The highest BCUT2D eigenvalue weighted by Gasteiger charge is 2.08. The van der Waals surface area contributed by atoms with Crippen LogP contribution < -0.4 is 5.73 Å². The molecule has 4 heteroatoms. The number of aryl methyl sites for hydroxylation is 1. The van der Waals surface area contributed by atoms with Gasteiger partial charge in [0.1, 0.15) is 11.5 Å². The summed E-state index contributed by atoms with van der Waals surface area (Å²) in [4.78, 5) is 10.7. The van der Waals surface area contributed by atoms with Crippen molar-refractivity contribution in [3.63, 3.8) is 0 Å². The summed E-state index contributed by atoms with van der Waals surface area (Å²) in [5.41, 5.74) is 6.09. The number of amides is 1. The van der Waals surface area contributed by atoms with Crippen molar-refractivity contribution in [1.29, 1.82) is 0 Å². The summed E-state index contributed by atoms with van der Waals surface area (Å²) < 4.78 is 6.65. The van der Waals surface area contributed by atoms with Gasteiger partial charge in [0.25, 0.3) is 0 Å². The van der Waals surface area contributed by atoms with Gasteiger partial charge in [0, 0.05) is 22.9 Å². The van der Waals surface area contributed by atoms with Crippen molar-refractivity contribution in [1.82, 2.24) is 0 Å². The first-order valence-electron chi connectivity index (χ1n) is 5.29. The van der Waals surface area contributed by atoms with E-state index in [1.807, 2.05) is 36.4 Å². The second-order valence-corrected chi connectivity index (χ2v) is 4.57. The lowest BCUT2D eigenvalue weighted by molar-refractivity contribution is -0.118. The Morgan fingerprint density at radius 2 is 2.00 bits per heavy atom. The Bertz CT molecular complexity index is 534. The van der Waals surface area contributed by atoms with Crippen LogP contribution in [0, 0.1) is 0 Å². The van der Waals surface area contributed by atoms with E-state index in [0.29, 0.717) is 12.8 Å². The van der Waals surface area contributed by atoms with E-state index in [1.165, 1.54) is 0 Å². The molecule has 2 aromatic rings. The number of benzene rings is 1. The van der Waals surface area contributed by atoms with Crippen molar-refractivity contribution in [2.75, 3.05) is 0 Å². The minimum Gasteiger partial charge on any atom is -0.461 e. The van der Waals surface area contributed by atoms with Gasteiger partial charge in [-0.25, -0.2) is 0 Å². The van der Waals surface area contributed by atoms with Crippen LogP contribution in [-0.4, -0.2) is 5.91 Å². The molecule has 17 heavy (non-hydrogen) atoms. The first-order chi connectivity index (χ1) is 8.16. The van der Waals surface area contributed by atoms with Crippen LogP contribution in [0.5, 0.6) is 0 Å². The van der Waals surface area contributed by atoms with Crippen molar-refractivity contribution in [3.05, 3.63) is 46.6 Å². The van der Waals surface area contributed by atoms with Gasteiger partial charge in [0.2, 0.25) is 5.91 Å². The zero-order valence-corrected chi connectivity index (χ0v) is 10.7. The number of halogens is 1. The molecule has 88 valence electrons. The zero-order valence-electron chi connectivity index (χ0n) is 9.15. The number of furan rings is 1. The molecule has 2 rings (SSSR count). The number of carbonyl (C=O) groups is 1. The second kappa shape index (κ2) is 5.19. The zero-order chi connectivity index (χ0) is 12.3. The number of nitrogens with two attached hydrogens (primary N) is 1. The number of carbonyl (C=O) groups excluding carboxylic acids is 1. The lowest BCUT2D eigenvalue weighted by Crippen LogP contribution is -2.10. The third-order valence-electron chi connectivity index (χ3n) is 2.42. The highest BCUT2D eigenvalue weighted by Crippen LogP contribution is 2.29. The fourth-order valence-electron chi connectivity index (χ4n) is 1.56. The largest absolute Gasteiger partial charge is 0.461 e. The van der Waals surface area contributed by atoms with Crippen LogP contribution in [-0.2, 0) is 11.2 Å². The molecule has 0 aliphatic rings. The van der Waals surface area contributed by atoms with E-state index in [4.69, 9.17) is 10.2 Å². The van der Waals surface area contributed by atoms with Gasteiger partial charge in [0.15, 0.2) is 0 Å². The topological polar surface area (TPSA) is 56.2 Å². The third-order valence-corrected chi connectivity index (χ3v) is 3.11. The van der Waals surface area contributed by atoms with Gasteiger partial charge in [-0.05, 0) is 18.2 Å². The molecular weight excluding hydrogens is 282 g/mol. The molecule has 0 bridgehead atoms. The van der Waals surface area contributed by atoms with Crippen LogP contribution in [0.1, 0.15) is 12.2 Å². The number of hydrogen-bond acceptors (Lipinski definition) is 2. The normalized spacial score (nSPS) is 10.4. The molecule has 0 unspecified atom stereocenters. The third kappa shape index (κ3) is 2.97. The molecule has 3 nitrogen and oxygen atoms in total. The predicted molar refractivity (Wildman–Crippen MR) is 69.4 cm³/mol. The summed E-state index contributed by atoms with van der Waals surface area (Å²) in [5, 5.41) is 0. The van der Waals surface area contributed by atoms with Gasteiger partial charge in [-0.1, -0.05) is 34.1 Å². The van der Waals surface area contributed by atoms with Crippen LogP contribution in [0.15, 0.2) is 45.3 Å². The Labute approximate surface area is 108 Å². The van der Waals surface area contributed by atoms with Crippen molar-refractivity contribution >= 4 is 21.8 Å². The average Bonchev–Trinajstić information content (AvgIpc) is 2.75. The SMILES string of the molecule is NC(=O)CCc1ccc(-c2ccccc2Br)o1. The molecule has 0 radical (unpaired) electrons. The van der Waals surface area contributed by atoms with Crippen LogP contribution in [0.25, 0.3) is 11.3 Å². The molecule has 1 aromatic carbocycles. The molecule has 0 saturated carbocycles. The van der Waals surface area contributed by atoms with Crippen LogP contribution in [0.3, 0.4) is 0 Å². The summed E-state index contributed by atoms with van der Waals surface area (Å²) in [7, 11) is 0. The van der Waals surface area contributed by atoms with E-state index in [0.717, 1.165) is 21.6 Å². The maximum atomic E-state index is 10.7. The van der Waals surface area contributed by atoms with Gasteiger partial charge in [0.05, 0.1) is 0 Å². The minimum atomic E-state index is -0.316. The summed E-state index contributed by atoms with van der Waals surface area (Å²) in [5.74, 6) is 1.25. The highest BCUT2D eigenvalue weighted by molar-refractivity contribution is 9.10. The van der Waals surface area contributed by atoms with Crippen molar-refractivity contribution in [2.45, 2.75) is 12.8 Å². The van der Waals surface area contributed by atoms with Gasteiger partial charge < -0.3 is 10.2 Å². The van der Waals surface area contributed by atoms with E-state index in [-0.39, 0.29) is 5.91 Å². The maximum Gasteiger partial charge on any atom is 0.217 e. The Hall–Kier alpha value is -1.55. The van der Waals surface area contributed by atoms with Gasteiger partial charge >= 0.3 is 0 Å². The van der Waals surface area contributed by atoms with Crippen LogP contribution in [0.4, 0.5) is 0 Å². The maximum absolute atomic E-state index is 10.7. The molecule has 0 aliphatic heterocycles. The van der Waals surface area contributed by atoms with E-state index < -0.39 is 0 Å². The summed E-state index contributed by atoms with van der Waals surface area (Å²) in [6.07, 6.45) is 0.850. The molecule has 2 N–H and O–H groups in total. The van der Waals surface area contributed by atoms with Gasteiger partial charge in [-0.3, -0.25) is 4.79 Å². The van der Waals surface area contributed by atoms with Crippen molar-refractivity contribution in [3.8, 4) is 11.3 Å². The summed E-state index contributed by atoms with van der Waals surface area (Å²) >= 11 is 3.47. The number of primary amides is 1. The van der Waals surface area contributed by atoms with E-state index in [9.17, 15) is 4.79 Å². The molecule has 0 spiro atoms. The average molecular weight is 294 g/mol. The lowest BCUT2D eigenvalue weighted by Gasteiger charge is -2.00. The van der Waals surface area contributed by atoms with Gasteiger partial charge in [-0.2, -0.15) is 0 Å². The highest BCUT2D eigenvalue weighted by atomic mass is 79.9. The first kappa shape index (κ1) is 11.9. The Kier molecular flexibility index (Phi) is 3.64. The molecule has 0 aliphatic carbocycles.